The topological polar surface area (TPSA) is 78.5 Å². The molecule has 1 fully saturated rings. The second-order valence-electron chi connectivity index (χ2n) is 6.07. The van der Waals surface area contributed by atoms with E-state index in [1.165, 1.54) is 0 Å². The molecule has 124 valence electrons. The third kappa shape index (κ3) is 3.14. The SMILES string of the molecule is Cc1noc(C)c1CN(C)c1cc(N2CCC[C@@H]2CO)ncn1. The Morgan fingerprint density at radius 2 is 2.22 bits per heavy atom. The average Bonchev–Trinajstić information content (AvgIpc) is 3.16. The van der Waals surface area contributed by atoms with Gasteiger partial charge in [0.05, 0.1) is 18.3 Å². The first-order chi connectivity index (χ1) is 11.1. The van der Waals surface area contributed by atoms with Crippen molar-refractivity contribution < 1.29 is 9.63 Å². The Morgan fingerprint density at radius 3 is 2.91 bits per heavy atom. The maximum atomic E-state index is 9.50. The summed E-state index contributed by atoms with van der Waals surface area (Å²) in [5.74, 6) is 2.55. The van der Waals surface area contributed by atoms with Gasteiger partial charge in [-0.25, -0.2) is 9.97 Å². The molecule has 3 heterocycles. The van der Waals surface area contributed by atoms with E-state index in [4.69, 9.17) is 4.52 Å². The van der Waals surface area contributed by atoms with E-state index in [0.717, 1.165) is 48.0 Å². The van der Waals surface area contributed by atoms with Crippen LogP contribution in [0.25, 0.3) is 0 Å². The monoisotopic (exact) mass is 317 g/mol. The molecular weight excluding hydrogens is 294 g/mol. The largest absolute Gasteiger partial charge is 0.394 e. The Balaban J connectivity index is 1.79. The van der Waals surface area contributed by atoms with Gasteiger partial charge in [0.25, 0.3) is 0 Å². The minimum atomic E-state index is 0.158. The molecular formula is C16H23N5O2. The van der Waals surface area contributed by atoms with Crippen LogP contribution in [-0.2, 0) is 6.54 Å². The summed E-state index contributed by atoms with van der Waals surface area (Å²) < 4.78 is 5.22. The lowest BCUT2D eigenvalue weighted by atomic mass is 10.2. The molecule has 0 amide bonds. The van der Waals surface area contributed by atoms with Crippen LogP contribution in [0.15, 0.2) is 16.9 Å². The molecule has 0 unspecified atom stereocenters. The molecule has 23 heavy (non-hydrogen) atoms. The summed E-state index contributed by atoms with van der Waals surface area (Å²) in [6.07, 6.45) is 3.67. The molecule has 2 aromatic heterocycles. The van der Waals surface area contributed by atoms with Crippen LogP contribution in [0.3, 0.4) is 0 Å². The smallest absolute Gasteiger partial charge is 0.138 e. The molecule has 0 spiro atoms. The molecule has 7 nitrogen and oxygen atoms in total. The van der Waals surface area contributed by atoms with Crippen LogP contribution in [-0.4, -0.2) is 46.5 Å². The molecule has 2 aromatic rings. The summed E-state index contributed by atoms with van der Waals surface area (Å²) >= 11 is 0. The third-order valence-electron chi connectivity index (χ3n) is 4.49. The van der Waals surface area contributed by atoms with Crippen LogP contribution >= 0.6 is 0 Å². The number of aromatic nitrogens is 3. The highest BCUT2D eigenvalue weighted by Gasteiger charge is 2.25. The maximum absolute atomic E-state index is 9.50. The van der Waals surface area contributed by atoms with Crippen LogP contribution in [0.2, 0.25) is 0 Å². The molecule has 7 heteroatoms. The van der Waals surface area contributed by atoms with Crippen molar-refractivity contribution in [1.82, 2.24) is 15.1 Å². The highest BCUT2D eigenvalue weighted by atomic mass is 16.5. The van der Waals surface area contributed by atoms with E-state index in [-0.39, 0.29) is 12.6 Å². The number of hydrogen-bond donors (Lipinski definition) is 1. The van der Waals surface area contributed by atoms with E-state index in [1.807, 2.05) is 27.0 Å². The first kappa shape index (κ1) is 15.7. The number of aryl methyl sites for hydroxylation is 2. The minimum Gasteiger partial charge on any atom is -0.394 e. The van der Waals surface area contributed by atoms with Crippen molar-refractivity contribution in [2.24, 2.45) is 0 Å². The number of hydrogen-bond acceptors (Lipinski definition) is 7. The van der Waals surface area contributed by atoms with Crippen molar-refractivity contribution in [1.29, 1.82) is 0 Å². The molecule has 1 saturated heterocycles. The van der Waals surface area contributed by atoms with E-state index in [0.29, 0.717) is 6.54 Å². The first-order valence-electron chi connectivity index (χ1n) is 7.92. The first-order valence-corrected chi connectivity index (χ1v) is 7.92. The van der Waals surface area contributed by atoms with Gasteiger partial charge >= 0.3 is 0 Å². The van der Waals surface area contributed by atoms with Crippen LogP contribution in [0.1, 0.15) is 29.9 Å². The van der Waals surface area contributed by atoms with Crippen molar-refractivity contribution >= 4 is 11.6 Å². The zero-order chi connectivity index (χ0) is 16.4. The van der Waals surface area contributed by atoms with Crippen LogP contribution in [0, 0.1) is 13.8 Å². The van der Waals surface area contributed by atoms with E-state index < -0.39 is 0 Å². The second-order valence-corrected chi connectivity index (χ2v) is 6.07. The van der Waals surface area contributed by atoms with Gasteiger partial charge in [0.15, 0.2) is 0 Å². The fourth-order valence-corrected chi connectivity index (χ4v) is 3.08. The highest BCUT2D eigenvalue weighted by molar-refractivity contribution is 5.51. The summed E-state index contributed by atoms with van der Waals surface area (Å²) in [6, 6.07) is 2.14. The molecule has 0 aliphatic carbocycles. The Bertz CT molecular complexity index is 653. The molecule has 1 N–H and O–H groups in total. The Morgan fingerprint density at radius 1 is 1.39 bits per heavy atom. The summed E-state index contributed by atoms with van der Waals surface area (Å²) in [4.78, 5) is 13.0. The third-order valence-corrected chi connectivity index (χ3v) is 4.49. The quantitative estimate of drug-likeness (QED) is 0.898. The van der Waals surface area contributed by atoms with Crippen molar-refractivity contribution in [3.05, 3.63) is 29.4 Å². The number of anilines is 2. The van der Waals surface area contributed by atoms with Gasteiger partial charge in [-0.1, -0.05) is 5.16 Å². The lowest BCUT2D eigenvalue weighted by Gasteiger charge is -2.25. The molecule has 1 atom stereocenters. The molecule has 0 bridgehead atoms. The predicted molar refractivity (Wildman–Crippen MR) is 87.6 cm³/mol. The minimum absolute atomic E-state index is 0.158. The fourth-order valence-electron chi connectivity index (χ4n) is 3.08. The van der Waals surface area contributed by atoms with E-state index in [9.17, 15) is 5.11 Å². The van der Waals surface area contributed by atoms with Gasteiger partial charge in [0.1, 0.15) is 23.7 Å². The molecule has 1 aliphatic rings. The predicted octanol–water partition coefficient (Wildman–Crippen LogP) is 1.68. The Hall–Kier alpha value is -2.15. The van der Waals surface area contributed by atoms with Crippen molar-refractivity contribution in [3.8, 4) is 0 Å². The molecule has 0 radical (unpaired) electrons. The van der Waals surface area contributed by atoms with Crippen molar-refractivity contribution in [3.63, 3.8) is 0 Å². The summed E-state index contributed by atoms with van der Waals surface area (Å²) in [5, 5.41) is 13.5. The lowest BCUT2D eigenvalue weighted by Crippen LogP contribution is -2.33. The van der Waals surface area contributed by atoms with Crippen molar-refractivity contribution in [2.75, 3.05) is 30.0 Å². The Labute approximate surface area is 135 Å². The zero-order valence-electron chi connectivity index (χ0n) is 13.9. The molecule has 0 aromatic carbocycles. The zero-order valence-corrected chi connectivity index (χ0v) is 13.9. The Kier molecular flexibility index (Phi) is 4.47. The van der Waals surface area contributed by atoms with Gasteiger partial charge < -0.3 is 19.4 Å². The van der Waals surface area contributed by atoms with Crippen LogP contribution < -0.4 is 9.80 Å². The van der Waals surface area contributed by atoms with Crippen molar-refractivity contribution in [2.45, 2.75) is 39.3 Å². The van der Waals surface area contributed by atoms with Gasteiger partial charge in [0.2, 0.25) is 0 Å². The van der Waals surface area contributed by atoms with Gasteiger partial charge in [-0.3, -0.25) is 0 Å². The number of rotatable bonds is 5. The van der Waals surface area contributed by atoms with Gasteiger partial charge in [-0.2, -0.15) is 0 Å². The second kappa shape index (κ2) is 6.54. The number of aliphatic hydroxyl groups is 1. The number of nitrogens with zero attached hydrogens (tertiary/aromatic N) is 5. The van der Waals surface area contributed by atoms with Crippen LogP contribution in [0.4, 0.5) is 11.6 Å². The van der Waals surface area contributed by atoms with Gasteiger partial charge in [-0.15, -0.1) is 0 Å². The van der Waals surface area contributed by atoms with Gasteiger partial charge in [0, 0.05) is 31.8 Å². The standard InChI is InChI=1S/C16H23N5O2/c1-11-14(12(2)23-19-11)8-20(3)15-7-16(18-10-17-15)21-6-4-5-13(21)9-22/h7,10,13,22H,4-6,8-9H2,1-3H3/t13-/m1/s1. The van der Waals surface area contributed by atoms with Crippen LogP contribution in [0.5, 0.6) is 0 Å². The van der Waals surface area contributed by atoms with Gasteiger partial charge in [-0.05, 0) is 26.7 Å². The normalized spacial score (nSPS) is 17.7. The summed E-state index contributed by atoms with van der Waals surface area (Å²) in [6.45, 7) is 5.64. The number of aliphatic hydroxyl groups excluding tert-OH is 1. The van der Waals surface area contributed by atoms with E-state index >= 15 is 0 Å². The summed E-state index contributed by atoms with van der Waals surface area (Å²) in [7, 11) is 1.99. The molecule has 3 rings (SSSR count). The fraction of sp³-hybridized carbons (Fsp3) is 0.562. The lowest BCUT2D eigenvalue weighted by molar-refractivity contribution is 0.266. The van der Waals surface area contributed by atoms with E-state index in [2.05, 4.69) is 24.9 Å². The van der Waals surface area contributed by atoms with E-state index in [1.54, 1.807) is 6.33 Å². The average molecular weight is 317 g/mol. The molecule has 1 aliphatic heterocycles. The summed E-state index contributed by atoms with van der Waals surface area (Å²) in [5.41, 5.74) is 1.99. The molecule has 0 saturated carbocycles. The maximum Gasteiger partial charge on any atom is 0.138 e. The highest BCUT2D eigenvalue weighted by Crippen LogP contribution is 2.26.